The zero-order chi connectivity index (χ0) is 23.3. The monoisotopic (exact) mass is 513 g/mol. The number of pyridine rings is 1. The molecule has 10 heteroatoms. The maximum atomic E-state index is 12.8. The van der Waals surface area contributed by atoms with Crippen LogP contribution in [0.25, 0.3) is 0 Å². The minimum Gasteiger partial charge on any atom is -0.406 e. The highest BCUT2D eigenvalue weighted by atomic mass is 79.9. The molecule has 1 aliphatic carbocycles. The number of amides is 2. The van der Waals surface area contributed by atoms with Gasteiger partial charge in [0.05, 0.1) is 28.4 Å². The average molecular weight is 514 g/mol. The third-order valence-electron chi connectivity index (χ3n) is 5.35. The number of aromatic nitrogens is 1. The number of nitrogens with zero attached hydrogens (tertiary/aromatic N) is 3. The van der Waals surface area contributed by atoms with Crippen molar-refractivity contribution in [1.29, 1.82) is 0 Å². The summed E-state index contributed by atoms with van der Waals surface area (Å²) in [6.07, 6.45) is -1.38. The molecule has 0 radical (unpaired) electrons. The van der Waals surface area contributed by atoms with Crippen molar-refractivity contribution in [3.05, 3.63) is 59.9 Å². The molecule has 32 heavy (non-hydrogen) atoms. The first-order chi connectivity index (χ1) is 15.1. The Kier molecular flexibility index (Phi) is 7.76. The summed E-state index contributed by atoms with van der Waals surface area (Å²) in [5.41, 5.74) is 1.44. The van der Waals surface area contributed by atoms with Crippen LogP contribution in [0, 0.1) is 11.8 Å². The van der Waals surface area contributed by atoms with Gasteiger partial charge in [0.15, 0.2) is 0 Å². The third-order valence-corrected chi connectivity index (χ3v) is 5.95. The van der Waals surface area contributed by atoms with E-state index in [1.54, 1.807) is 19.3 Å². The Morgan fingerprint density at radius 3 is 2.31 bits per heavy atom. The minimum atomic E-state index is -4.74. The molecule has 1 heterocycles. The number of carbonyl (C=O) groups is 2. The Balaban J connectivity index is 1.50. The van der Waals surface area contributed by atoms with Gasteiger partial charge in [0.25, 0.3) is 0 Å². The van der Waals surface area contributed by atoms with E-state index in [-0.39, 0.29) is 35.9 Å². The third kappa shape index (κ3) is 6.69. The molecular weight excluding hydrogens is 491 g/mol. The van der Waals surface area contributed by atoms with Gasteiger partial charge in [0, 0.05) is 31.6 Å². The van der Waals surface area contributed by atoms with E-state index < -0.39 is 6.36 Å². The molecule has 0 spiro atoms. The summed E-state index contributed by atoms with van der Waals surface area (Å²) >= 11 is 3.31. The molecular formula is C22H23BrF3N3O3. The summed E-state index contributed by atoms with van der Waals surface area (Å²) < 4.78 is 42.1. The van der Waals surface area contributed by atoms with Crippen molar-refractivity contribution in [2.24, 2.45) is 11.8 Å². The highest BCUT2D eigenvalue weighted by Crippen LogP contribution is 2.34. The van der Waals surface area contributed by atoms with Crippen LogP contribution in [0.1, 0.15) is 30.5 Å². The second-order valence-corrected chi connectivity index (χ2v) is 8.63. The summed E-state index contributed by atoms with van der Waals surface area (Å²) in [7, 11) is 1.65. The molecule has 3 rings (SSSR count). The van der Waals surface area contributed by atoms with Gasteiger partial charge in [-0.25, -0.2) is 0 Å². The van der Waals surface area contributed by atoms with Crippen LogP contribution in [-0.4, -0.2) is 39.0 Å². The molecule has 2 aromatic rings. The van der Waals surface area contributed by atoms with E-state index in [1.165, 1.54) is 33.1 Å². The largest absolute Gasteiger partial charge is 0.573 e. The van der Waals surface area contributed by atoms with Crippen molar-refractivity contribution in [1.82, 2.24) is 13.8 Å². The van der Waals surface area contributed by atoms with Gasteiger partial charge in [0.2, 0.25) is 11.8 Å². The van der Waals surface area contributed by atoms with Gasteiger partial charge in [-0.3, -0.25) is 18.5 Å². The number of ether oxygens (including phenoxy) is 1. The normalized spacial score (nSPS) is 18.3. The maximum Gasteiger partial charge on any atom is 0.573 e. The van der Waals surface area contributed by atoms with E-state index in [2.05, 4.69) is 25.9 Å². The highest BCUT2D eigenvalue weighted by Gasteiger charge is 2.37. The number of carbonyl (C=O) groups excluding carboxylic acids is 2. The standard InChI is InChI=1S/C22H23BrF3N3O3/c1-28(13-15-5-9-19(10-6-15)32-22(24,25)26)20(30)16-7-8-17(12-16)21(31)29(23)14-18-4-2-3-11-27-18/h2-6,9-11,16-17H,7-8,12-14H2,1H3/t16-,17-/m1/s1. The fourth-order valence-corrected chi connectivity index (χ4v) is 4.35. The van der Waals surface area contributed by atoms with Gasteiger partial charge in [-0.1, -0.05) is 18.2 Å². The molecule has 2 amide bonds. The van der Waals surface area contributed by atoms with Crippen molar-refractivity contribution < 1.29 is 27.5 Å². The zero-order valence-corrected chi connectivity index (χ0v) is 19.0. The summed E-state index contributed by atoms with van der Waals surface area (Å²) in [6, 6.07) is 10.9. The topological polar surface area (TPSA) is 62.7 Å². The van der Waals surface area contributed by atoms with Crippen molar-refractivity contribution in [2.45, 2.75) is 38.7 Å². The van der Waals surface area contributed by atoms with Crippen LogP contribution in [0.2, 0.25) is 0 Å². The van der Waals surface area contributed by atoms with Crippen LogP contribution in [0.5, 0.6) is 5.75 Å². The Morgan fingerprint density at radius 2 is 1.72 bits per heavy atom. The number of rotatable bonds is 7. The quantitative estimate of drug-likeness (QED) is 0.503. The van der Waals surface area contributed by atoms with Crippen LogP contribution in [0.3, 0.4) is 0 Å². The summed E-state index contributed by atoms with van der Waals surface area (Å²) in [4.78, 5) is 31.3. The first-order valence-corrected chi connectivity index (χ1v) is 10.8. The SMILES string of the molecule is CN(Cc1ccc(OC(F)(F)F)cc1)C(=O)[C@@H]1CC[C@@H](C(=O)N(Br)Cc2ccccn2)C1. The molecule has 0 aliphatic heterocycles. The minimum absolute atomic E-state index is 0.0751. The van der Waals surface area contributed by atoms with Crippen molar-refractivity contribution in [3.8, 4) is 5.75 Å². The predicted molar refractivity (Wildman–Crippen MR) is 114 cm³/mol. The van der Waals surface area contributed by atoms with Crippen LogP contribution < -0.4 is 4.74 Å². The number of hydrogen-bond donors (Lipinski definition) is 0. The summed E-state index contributed by atoms with van der Waals surface area (Å²) in [5.74, 6) is -0.982. The molecule has 1 aromatic carbocycles. The van der Waals surface area contributed by atoms with E-state index in [1.807, 2.05) is 12.1 Å². The van der Waals surface area contributed by atoms with E-state index in [0.29, 0.717) is 31.4 Å². The number of halogens is 4. The molecule has 1 aromatic heterocycles. The number of hydrogen-bond acceptors (Lipinski definition) is 4. The van der Waals surface area contributed by atoms with Crippen LogP contribution in [0.4, 0.5) is 13.2 Å². The summed E-state index contributed by atoms with van der Waals surface area (Å²) in [6.45, 7) is 0.591. The maximum absolute atomic E-state index is 12.8. The van der Waals surface area contributed by atoms with Crippen molar-refractivity contribution >= 4 is 28.0 Å². The number of benzene rings is 1. The Bertz CT molecular complexity index is 926. The van der Waals surface area contributed by atoms with E-state index >= 15 is 0 Å². The molecule has 1 fully saturated rings. The Labute approximate surface area is 192 Å². The lowest BCUT2D eigenvalue weighted by Crippen LogP contribution is -2.32. The summed E-state index contributed by atoms with van der Waals surface area (Å²) in [5, 5.41) is 0. The van der Waals surface area contributed by atoms with Crippen LogP contribution in [0.15, 0.2) is 48.7 Å². The molecule has 2 atom stereocenters. The smallest absolute Gasteiger partial charge is 0.406 e. The average Bonchev–Trinajstić information content (AvgIpc) is 3.24. The molecule has 6 nitrogen and oxygen atoms in total. The molecule has 1 saturated carbocycles. The van der Waals surface area contributed by atoms with Gasteiger partial charge in [-0.2, -0.15) is 0 Å². The second-order valence-electron chi connectivity index (χ2n) is 7.77. The van der Waals surface area contributed by atoms with Gasteiger partial charge in [-0.15, -0.1) is 13.2 Å². The molecule has 0 saturated heterocycles. The molecule has 172 valence electrons. The lowest BCUT2D eigenvalue weighted by Gasteiger charge is -2.22. The van der Waals surface area contributed by atoms with Crippen molar-refractivity contribution in [3.63, 3.8) is 0 Å². The van der Waals surface area contributed by atoms with Crippen LogP contribution in [-0.2, 0) is 22.7 Å². The molecule has 1 aliphatic rings. The van der Waals surface area contributed by atoms with E-state index in [9.17, 15) is 22.8 Å². The first kappa shape index (κ1) is 24.0. The molecule has 0 unspecified atom stereocenters. The van der Waals surface area contributed by atoms with Crippen molar-refractivity contribution in [2.75, 3.05) is 7.05 Å². The lowest BCUT2D eigenvalue weighted by atomic mass is 10.0. The number of alkyl halides is 3. The lowest BCUT2D eigenvalue weighted by molar-refractivity contribution is -0.274. The van der Waals surface area contributed by atoms with Gasteiger partial charge in [0.1, 0.15) is 5.75 Å². The second kappa shape index (κ2) is 10.3. The fourth-order valence-electron chi connectivity index (χ4n) is 3.80. The Hall–Kier alpha value is -2.62. The predicted octanol–water partition coefficient (Wildman–Crippen LogP) is 4.69. The van der Waals surface area contributed by atoms with Crippen LogP contribution >= 0.6 is 16.1 Å². The zero-order valence-electron chi connectivity index (χ0n) is 17.4. The molecule has 0 bridgehead atoms. The molecule has 0 N–H and O–H groups in total. The van der Waals surface area contributed by atoms with Gasteiger partial charge in [-0.05, 0) is 49.1 Å². The van der Waals surface area contributed by atoms with Gasteiger partial charge < -0.3 is 9.64 Å². The fraction of sp³-hybridized carbons (Fsp3) is 0.409. The Morgan fingerprint density at radius 1 is 1.06 bits per heavy atom. The first-order valence-electron chi connectivity index (χ1n) is 10.1. The van der Waals surface area contributed by atoms with E-state index in [4.69, 9.17) is 0 Å². The van der Waals surface area contributed by atoms with E-state index in [0.717, 1.165) is 5.69 Å². The van der Waals surface area contributed by atoms with Gasteiger partial charge >= 0.3 is 6.36 Å². The highest BCUT2D eigenvalue weighted by molar-refractivity contribution is 9.07.